The quantitative estimate of drug-likeness (QED) is 0.619. The maximum absolute atomic E-state index is 10.5. The van der Waals surface area contributed by atoms with E-state index in [9.17, 15) is 20.4 Å². The van der Waals surface area contributed by atoms with Crippen LogP contribution in [0.4, 0.5) is 0 Å². The van der Waals surface area contributed by atoms with Gasteiger partial charge in [-0.05, 0) is 42.0 Å². The Morgan fingerprint density at radius 1 is 0.964 bits per heavy atom. The topological polar surface area (TPSA) is 90.2 Å². The maximum Gasteiger partial charge on any atom is 0.111 e. The highest BCUT2D eigenvalue weighted by atomic mass is 32.2. The molecule has 1 fully saturated rings. The van der Waals surface area contributed by atoms with Crippen LogP contribution in [0.5, 0.6) is 0 Å². The molecule has 4 N–H and O–H groups in total. The van der Waals surface area contributed by atoms with Gasteiger partial charge in [0.15, 0.2) is 0 Å². The molecule has 4 rings (SSSR count). The van der Waals surface area contributed by atoms with Crippen molar-refractivity contribution in [1.29, 1.82) is 0 Å². The zero-order valence-corrected chi connectivity index (χ0v) is 16.5. The van der Waals surface area contributed by atoms with Crippen molar-refractivity contribution in [3.05, 3.63) is 64.7 Å². The van der Waals surface area contributed by atoms with Crippen LogP contribution >= 0.6 is 11.8 Å². The van der Waals surface area contributed by atoms with Crippen LogP contribution in [0.15, 0.2) is 47.4 Å². The van der Waals surface area contributed by atoms with E-state index in [1.54, 1.807) is 11.8 Å². The molecule has 6 atom stereocenters. The van der Waals surface area contributed by atoms with Gasteiger partial charge in [0.2, 0.25) is 0 Å². The van der Waals surface area contributed by atoms with Gasteiger partial charge in [0.05, 0.1) is 12.7 Å². The Kier molecular flexibility index (Phi) is 5.78. The van der Waals surface area contributed by atoms with E-state index in [4.69, 9.17) is 4.74 Å². The second kappa shape index (κ2) is 8.14. The minimum atomic E-state index is -1.33. The third kappa shape index (κ3) is 3.61. The molecule has 150 valence electrons. The number of benzene rings is 2. The molecule has 6 heteroatoms. The van der Waals surface area contributed by atoms with E-state index in [2.05, 4.69) is 43.3 Å². The Hall–Kier alpha value is -1.41. The van der Waals surface area contributed by atoms with Crippen molar-refractivity contribution >= 4 is 11.8 Å². The monoisotopic (exact) mass is 402 g/mol. The smallest absolute Gasteiger partial charge is 0.111 e. The summed E-state index contributed by atoms with van der Waals surface area (Å²) in [5, 5.41) is 40.0. The van der Waals surface area contributed by atoms with Crippen molar-refractivity contribution in [3.8, 4) is 0 Å². The lowest BCUT2D eigenvalue weighted by Crippen LogP contribution is -2.60. The van der Waals surface area contributed by atoms with E-state index >= 15 is 0 Å². The highest BCUT2D eigenvalue weighted by molar-refractivity contribution is 8.00. The average Bonchev–Trinajstić information content (AvgIpc) is 3.13. The minimum Gasteiger partial charge on any atom is -0.394 e. The number of hydrogen-bond acceptors (Lipinski definition) is 6. The van der Waals surface area contributed by atoms with Gasteiger partial charge in [-0.1, -0.05) is 42.5 Å². The Labute approximate surface area is 169 Å². The maximum atomic E-state index is 10.5. The first kappa shape index (κ1) is 19.9. The molecule has 2 aromatic rings. The number of aliphatic hydroxyl groups excluding tert-OH is 4. The number of aryl methyl sites for hydroxylation is 1. The molecule has 5 nitrogen and oxygen atoms in total. The van der Waals surface area contributed by atoms with Crippen LogP contribution in [0.1, 0.15) is 22.3 Å². The third-order valence-corrected chi connectivity index (χ3v) is 7.30. The summed E-state index contributed by atoms with van der Waals surface area (Å²) in [4.78, 5) is 1.20. The van der Waals surface area contributed by atoms with Gasteiger partial charge in [0.1, 0.15) is 24.4 Å². The molecule has 1 saturated heterocycles. The van der Waals surface area contributed by atoms with E-state index in [0.717, 1.165) is 6.42 Å². The summed E-state index contributed by atoms with van der Waals surface area (Å²) in [5.41, 5.74) is 4.99. The highest BCUT2D eigenvalue weighted by Crippen LogP contribution is 2.44. The molecule has 28 heavy (non-hydrogen) atoms. The second-order valence-electron chi connectivity index (χ2n) is 7.66. The van der Waals surface area contributed by atoms with Gasteiger partial charge < -0.3 is 25.2 Å². The highest BCUT2D eigenvalue weighted by Gasteiger charge is 2.47. The number of ether oxygens (including phenoxy) is 1. The lowest BCUT2D eigenvalue weighted by atomic mass is 9.91. The number of fused-ring (bicyclic) bond motifs is 1. The van der Waals surface area contributed by atoms with Crippen LogP contribution in [0.3, 0.4) is 0 Å². The molecule has 0 spiro atoms. The van der Waals surface area contributed by atoms with E-state index in [1.807, 2.05) is 6.07 Å². The second-order valence-corrected chi connectivity index (χ2v) is 8.91. The van der Waals surface area contributed by atoms with Crippen LogP contribution in [-0.4, -0.2) is 62.8 Å². The van der Waals surface area contributed by atoms with Gasteiger partial charge in [-0.3, -0.25) is 0 Å². The normalized spacial score (nSPS) is 32.3. The third-order valence-electron chi connectivity index (χ3n) is 5.81. The molecular formula is C22H26O5S. The fraction of sp³-hybridized carbons (Fsp3) is 0.455. The number of thioether (sulfide) groups is 1. The molecule has 2 aliphatic rings. The van der Waals surface area contributed by atoms with Gasteiger partial charge in [-0.25, -0.2) is 0 Å². The van der Waals surface area contributed by atoms with E-state index in [1.165, 1.54) is 27.1 Å². The fourth-order valence-corrected chi connectivity index (χ4v) is 5.65. The summed E-state index contributed by atoms with van der Waals surface area (Å²) >= 11 is 1.65. The van der Waals surface area contributed by atoms with Crippen molar-refractivity contribution in [1.82, 2.24) is 0 Å². The van der Waals surface area contributed by atoms with Crippen molar-refractivity contribution < 1.29 is 25.2 Å². The molecule has 0 aliphatic carbocycles. The molecule has 1 unspecified atom stereocenters. The van der Waals surface area contributed by atoms with E-state index < -0.39 is 37.1 Å². The van der Waals surface area contributed by atoms with Crippen molar-refractivity contribution in [3.63, 3.8) is 0 Å². The predicted octanol–water partition coefficient (Wildman–Crippen LogP) is 1.45. The first-order valence-electron chi connectivity index (χ1n) is 9.62. The molecule has 0 radical (unpaired) electrons. The van der Waals surface area contributed by atoms with Gasteiger partial charge in [-0.2, -0.15) is 0 Å². The standard InChI is InChI=1S/C22H26O5S/c1-12-5-2-3-6-13(12)9-14-7-4-8-15-10-17(28-22(14)15)21-20(26)19(25)18(24)16(11-23)27-21/h2-8,16-21,23-26H,9-11H2,1H3/t16-,17?,18-,19+,20-,21+/m1/s1. The zero-order chi connectivity index (χ0) is 19.8. The summed E-state index contributed by atoms with van der Waals surface area (Å²) in [6.07, 6.45) is -3.80. The molecular weight excluding hydrogens is 376 g/mol. The lowest BCUT2D eigenvalue weighted by molar-refractivity contribution is -0.228. The first-order chi connectivity index (χ1) is 13.5. The predicted molar refractivity (Wildman–Crippen MR) is 108 cm³/mol. The molecule has 0 amide bonds. The van der Waals surface area contributed by atoms with Gasteiger partial charge in [-0.15, -0.1) is 11.8 Å². The van der Waals surface area contributed by atoms with Crippen LogP contribution in [-0.2, 0) is 17.6 Å². The molecule has 0 saturated carbocycles. The van der Waals surface area contributed by atoms with E-state index in [-0.39, 0.29) is 5.25 Å². The Bertz CT molecular complexity index is 839. The Morgan fingerprint density at radius 2 is 1.71 bits per heavy atom. The van der Waals surface area contributed by atoms with Crippen LogP contribution in [0.25, 0.3) is 0 Å². The summed E-state index contributed by atoms with van der Waals surface area (Å²) in [7, 11) is 0. The van der Waals surface area contributed by atoms with Gasteiger partial charge in [0.25, 0.3) is 0 Å². The summed E-state index contributed by atoms with van der Waals surface area (Å²) in [6.45, 7) is 1.71. The Morgan fingerprint density at radius 3 is 2.46 bits per heavy atom. The van der Waals surface area contributed by atoms with Crippen molar-refractivity contribution in [2.45, 2.75) is 60.4 Å². The largest absolute Gasteiger partial charge is 0.394 e. The first-order valence-corrected chi connectivity index (χ1v) is 10.5. The molecule has 2 aromatic carbocycles. The van der Waals surface area contributed by atoms with Crippen molar-refractivity contribution in [2.75, 3.05) is 6.61 Å². The zero-order valence-electron chi connectivity index (χ0n) is 15.7. The number of rotatable bonds is 4. The minimum absolute atomic E-state index is 0.0841. The SMILES string of the molecule is Cc1ccccc1Cc1cccc2c1SC([C@@H]1O[C@H](CO)[C@@H](O)[C@H](O)[C@H]1O)C2. The van der Waals surface area contributed by atoms with Gasteiger partial charge in [0, 0.05) is 10.1 Å². The molecule has 2 heterocycles. The molecule has 0 bridgehead atoms. The fourth-order valence-electron chi connectivity index (χ4n) is 4.13. The molecule has 2 aliphatic heterocycles. The lowest BCUT2D eigenvalue weighted by Gasteiger charge is -2.42. The van der Waals surface area contributed by atoms with E-state index in [0.29, 0.717) is 6.42 Å². The van der Waals surface area contributed by atoms with Crippen molar-refractivity contribution in [2.24, 2.45) is 0 Å². The van der Waals surface area contributed by atoms with Crippen LogP contribution < -0.4 is 0 Å². The number of aliphatic hydroxyl groups is 4. The molecule has 0 aromatic heterocycles. The van der Waals surface area contributed by atoms with Crippen LogP contribution in [0.2, 0.25) is 0 Å². The average molecular weight is 403 g/mol. The van der Waals surface area contributed by atoms with Crippen LogP contribution in [0, 0.1) is 6.92 Å². The Balaban J connectivity index is 1.56. The van der Waals surface area contributed by atoms with Gasteiger partial charge >= 0.3 is 0 Å². The summed E-state index contributed by atoms with van der Waals surface area (Å²) in [6, 6.07) is 14.6. The summed E-state index contributed by atoms with van der Waals surface area (Å²) in [5.74, 6) is 0. The number of hydrogen-bond donors (Lipinski definition) is 4. The summed E-state index contributed by atoms with van der Waals surface area (Å²) < 4.78 is 5.79.